The van der Waals surface area contributed by atoms with Gasteiger partial charge in [-0.3, -0.25) is 0 Å². The molecule has 1 N–H and O–H groups in total. The van der Waals surface area contributed by atoms with Crippen LogP contribution in [-0.2, 0) is 11.3 Å². The largest absolute Gasteiger partial charge is 0.388 e. The lowest BCUT2D eigenvalue weighted by molar-refractivity contribution is -0.0785. The lowest BCUT2D eigenvalue weighted by Crippen LogP contribution is -2.41. The van der Waals surface area contributed by atoms with E-state index in [0.717, 1.165) is 31.6 Å². The van der Waals surface area contributed by atoms with Gasteiger partial charge in [-0.05, 0) is 25.0 Å². The van der Waals surface area contributed by atoms with Gasteiger partial charge in [-0.25, -0.2) is 9.67 Å². The van der Waals surface area contributed by atoms with Crippen LogP contribution < -0.4 is 0 Å². The third-order valence-corrected chi connectivity index (χ3v) is 4.89. The van der Waals surface area contributed by atoms with E-state index in [-0.39, 0.29) is 12.2 Å². The minimum atomic E-state index is -0.0426. The van der Waals surface area contributed by atoms with E-state index in [1.54, 1.807) is 0 Å². The van der Waals surface area contributed by atoms with Crippen molar-refractivity contribution >= 4 is 11.8 Å². The standard InChI is InChI=1S/C11H17N3O2S/c15-6-10-12-8-13-14(10)9-1-3-16-11(5-9)2-4-17-7-11/h8-9,15H,1-7H2. The van der Waals surface area contributed by atoms with Gasteiger partial charge in [0.15, 0.2) is 5.82 Å². The van der Waals surface area contributed by atoms with Gasteiger partial charge in [-0.15, -0.1) is 0 Å². The molecule has 0 amide bonds. The molecular weight excluding hydrogens is 238 g/mol. The van der Waals surface area contributed by atoms with E-state index in [2.05, 4.69) is 10.1 Å². The molecule has 3 heterocycles. The highest BCUT2D eigenvalue weighted by atomic mass is 32.2. The number of aliphatic hydroxyl groups excluding tert-OH is 1. The van der Waals surface area contributed by atoms with Crippen molar-refractivity contribution in [3.05, 3.63) is 12.2 Å². The quantitative estimate of drug-likeness (QED) is 0.854. The van der Waals surface area contributed by atoms with E-state index >= 15 is 0 Å². The molecule has 0 aliphatic carbocycles. The zero-order chi connectivity index (χ0) is 11.7. The van der Waals surface area contributed by atoms with Gasteiger partial charge in [0.25, 0.3) is 0 Å². The van der Waals surface area contributed by atoms with Crippen LogP contribution in [0.25, 0.3) is 0 Å². The van der Waals surface area contributed by atoms with Gasteiger partial charge in [0, 0.05) is 12.4 Å². The monoisotopic (exact) mass is 255 g/mol. The Kier molecular flexibility index (Phi) is 3.10. The van der Waals surface area contributed by atoms with Crippen molar-refractivity contribution in [2.24, 2.45) is 0 Å². The molecule has 2 aliphatic heterocycles. The fourth-order valence-electron chi connectivity index (χ4n) is 2.77. The summed E-state index contributed by atoms with van der Waals surface area (Å²) in [6.07, 6.45) is 4.62. The molecule has 5 nitrogen and oxygen atoms in total. The molecular formula is C11H17N3O2S. The summed E-state index contributed by atoms with van der Waals surface area (Å²) in [5.74, 6) is 2.95. The molecule has 94 valence electrons. The second-order valence-corrected chi connectivity index (χ2v) is 5.86. The van der Waals surface area contributed by atoms with Gasteiger partial charge in [0.2, 0.25) is 0 Å². The van der Waals surface area contributed by atoms with Gasteiger partial charge < -0.3 is 9.84 Å². The first-order valence-electron chi connectivity index (χ1n) is 6.04. The summed E-state index contributed by atoms with van der Waals surface area (Å²) >= 11 is 1.97. The van der Waals surface area contributed by atoms with E-state index in [9.17, 15) is 5.11 Å². The lowest BCUT2D eigenvalue weighted by atomic mass is 9.90. The number of aliphatic hydroxyl groups is 1. The van der Waals surface area contributed by atoms with E-state index in [4.69, 9.17) is 4.74 Å². The Morgan fingerprint density at radius 2 is 2.59 bits per heavy atom. The van der Waals surface area contributed by atoms with Gasteiger partial charge in [-0.2, -0.15) is 16.9 Å². The summed E-state index contributed by atoms with van der Waals surface area (Å²) in [5.41, 5.74) is 0.0479. The zero-order valence-electron chi connectivity index (χ0n) is 9.71. The van der Waals surface area contributed by atoms with E-state index < -0.39 is 0 Å². The van der Waals surface area contributed by atoms with Crippen LogP contribution in [0.15, 0.2) is 6.33 Å². The third-order valence-electron chi connectivity index (χ3n) is 3.67. The SMILES string of the molecule is OCc1ncnn1C1CCOC2(CCSC2)C1. The number of rotatable bonds is 2. The molecule has 0 radical (unpaired) electrons. The number of aromatic nitrogens is 3. The molecule has 2 aliphatic rings. The Morgan fingerprint density at radius 3 is 3.35 bits per heavy atom. The fourth-order valence-corrected chi connectivity index (χ4v) is 4.14. The summed E-state index contributed by atoms with van der Waals surface area (Å²) in [5, 5.41) is 13.5. The minimum Gasteiger partial charge on any atom is -0.388 e. The summed E-state index contributed by atoms with van der Waals surface area (Å²) in [7, 11) is 0. The van der Waals surface area contributed by atoms with Gasteiger partial charge in [-0.1, -0.05) is 0 Å². The Labute approximate surface area is 105 Å². The number of nitrogens with zero attached hydrogens (tertiary/aromatic N) is 3. The van der Waals surface area contributed by atoms with E-state index in [0.29, 0.717) is 11.9 Å². The maximum atomic E-state index is 9.24. The maximum absolute atomic E-state index is 9.24. The summed E-state index contributed by atoms with van der Waals surface area (Å²) in [6.45, 7) is 0.745. The van der Waals surface area contributed by atoms with Crippen molar-refractivity contribution in [3.8, 4) is 0 Å². The Hall–Kier alpha value is -0.590. The third kappa shape index (κ3) is 2.09. The smallest absolute Gasteiger partial charge is 0.152 e. The van der Waals surface area contributed by atoms with Crippen LogP contribution in [0, 0.1) is 0 Å². The molecule has 3 rings (SSSR count). The van der Waals surface area contributed by atoms with Crippen molar-refractivity contribution in [3.63, 3.8) is 0 Å². The van der Waals surface area contributed by atoms with Gasteiger partial charge >= 0.3 is 0 Å². The van der Waals surface area contributed by atoms with Crippen LogP contribution in [0.1, 0.15) is 31.1 Å². The van der Waals surface area contributed by atoms with Crippen molar-refractivity contribution in [1.29, 1.82) is 0 Å². The molecule has 2 atom stereocenters. The van der Waals surface area contributed by atoms with Crippen molar-refractivity contribution in [1.82, 2.24) is 14.8 Å². The minimum absolute atomic E-state index is 0.0426. The average Bonchev–Trinajstić information content (AvgIpc) is 2.98. The van der Waals surface area contributed by atoms with Crippen LogP contribution >= 0.6 is 11.8 Å². The highest BCUT2D eigenvalue weighted by molar-refractivity contribution is 7.99. The van der Waals surface area contributed by atoms with Crippen molar-refractivity contribution < 1.29 is 9.84 Å². The number of thioether (sulfide) groups is 1. The molecule has 1 aromatic heterocycles. The Balaban J connectivity index is 1.79. The first-order valence-corrected chi connectivity index (χ1v) is 7.19. The van der Waals surface area contributed by atoms with Crippen LogP contribution in [-0.4, -0.2) is 43.6 Å². The molecule has 1 spiro atoms. The van der Waals surface area contributed by atoms with Crippen LogP contribution in [0.5, 0.6) is 0 Å². The van der Waals surface area contributed by atoms with E-state index in [1.807, 2.05) is 16.4 Å². The molecule has 1 aromatic rings. The number of ether oxygens (including phenoxy) is 1. The zero-order valence-corrected chi connectivity index (χ0v) is 10.5. The lowest BCUT2D eigenvalue weighted by Gasteiger charge is -2.37. The van der Waals surface area contributed by atoms with E-state index in [1.165, 1.54) is 12.1 Å². The normalized spacial score (nSPS) is 33.4. The van der Waals surface area contributed by atoms with Gasteiger partial charge in [0.05, 0.1) is 11.6 Å². The van der Waals surface area contributed by atoms with Crippen LogP contribution in [0.3, 0.4) is 0 Å². The molecule has 0 aromatic carbocycles. The van der Waals surface area contributed by atoms with Crippen molar-refractivity contribution in [2.75, 3.05) is 18.1 Å². The first kappa shape index (κ1) is 11.5. The molecule has 6 heteroatoms. The predicted octanol–water partition coefficient (Wildman–Crippen LogP) is 0.998. The van der Waals surface area contributed by atoms with Crippen LogP contribution in [0.2, 0.25) is 0 Å². The Morgan fingerprint density at radius 1 is 1.65 bits per heavy atom. The van der Waals surface area contributed by atoms with Crippen LogP contribution in [0.4, 0.5) is 0 Å². The van der Waals surface area contributed by atoms with Crippen molar-refractivity contribution in [2.45, 2.75) is 37.5 Å². The highest BCUT2D eigenvalue weighted by Gasteiger charge is 2.41. The second-order valence-electron chi connectivity index (χ2n) is 4.76. The number of hydrogen-bond acceptors (Lipinski definition) is 5. The molecule has 2 saturated heterocycles. The second kappa shape index (κ2) is 4.59. The predicted molar refractivity (Wildman–Crippen MR) is 64.8 cm³/mol. The summed E-state index contributed by atoms with van der Waals surface area (Å²) in [4.78, 5) is 4.08. The summed E-state index contributed by atoms with van der Waals surface area (Å²) < 4.78 is 7.87. The Bertz CT molecular complexity index is 390. The topological polar surface area (TPSA) is 60.2 Å². The summed E-state index contributed by atoms with van der Waals surface area (Å²) in [6, 6.07) is 0.326. The molecule has 0 saturated carbocycles. The number of hydrogen-bond donors (Lipinski definition) is 1. The van der Waals surface area contributed by atoms with Gasteiger partial charge in [0.1, 0.15) is 12.9 Å². The highest BCUT2D eigenvalue weighted by Crippen LogP contribution is 2.41. The molecule has 2 unspecified atom stereocenters. The molecule has 0 bridgehead atoms. The average molecular weight is 255 g/mol. The fraction of sp³-hybridized carbons (Fsp3) is 0.818. The maximum Gasteiger partial charge on any atom is 0.152 e. The molecule has 2 fully saturated rings. The first-order chi connectivity index (χ1) is 8.33. The molecule has 17 heavy (non-hydrogen) atoms.